The topological polar surface area (TPSA) is 38.3 Å². The summed E-state index contributed by atoms with van der Waals surface area (Å²) in [5, 5.41) is 3.78. The molecular formula is C26H26ClNO2S. The van der Waals surface area contributed by atoms with E-state index >= 15 is 0 Å². The molecule has 0 spiro atoms. The number of para-hydroxylation sites is 1. The lowest BCUT2D eigenvalue weighted by molar-refractivity contribution is -0.122. The van der Waals surface area contributed by atoms with Gasteiger partial charge in [-0.05, 0) is 79.6 Å². The van der Waals surface area contributed by atoms with Crippen molar-refractivity contribution in [3.05, 3.63) is 88.4 Å². The van der Waals surface area contributed by atoms with Crippen LogP contribution in [0.25, 0.3) is 0 Å². The molecule has 0 saturated carbocycles. The minimum atomic E-state index is -0.581. The van der Waals surface area contributed by atoms with Crippen LogP contribution in [-0.2, 0) is 23.4 Å². The molecule has 0 fully saturated rings. The Balaban J connectivity index is 1.41. The normalized spacial score (nSPS) is 13.9. The van der Waals surface area contributed by atoms with E-state index in [9.17, 15) is 4.79 Å². The van der Waals surface area contributed by atoms with E-state index in [-0.39, 0.29) is 5.91 Å². The summed E-state index contributed by atoms with van der Waals surface area (Å²) < 4.78 is 6.10. The first kappa shape index (κ1) is 21.8. The van der Waals surface area contributed by atoms with Gasteiger partial charge in [0.05, 0.1) is 5.69 Å². The number of aryl methyl sites for hydroxylation is 1. The van der Waals surface area contributed by atoms with Crippen molar-refractivity contribution in [2.45, 2.75) is 49.4 Å². The Bertz CT molecular complexity index is 1050. The number of benzene rings is 3. The second kappa shape index (κ2) is 10.3. The number of anilines is 1. The van der Waals surface area contributed by atoms with Gasteiger partial charge in [-0.15, -0.1) is 11.8 Å². The largest absolute Gasteiger partial charge is 0.481 e. The van der Waals surface area contributed by atoms with E-state index in [0.29, 0.717) is 0 Å². The molecule has 1 aliphatic carbocycles. The number of nitrogens with one attached hydrogen (secondary N) is 1. The van der Waals surface area contributed by atoms with Crippen LogP contribution in [0, 0.1) is 0 Å². The van der Waals surface area contributed by atoms with Crippen molar-refractivity contribution in [2.75, 3.05) is 5.32 Å². The van der Waals surface area contributed by atoms with Crippen molar-refractivity contribution < 1.29 is 9.53 Å². The first-order valence-corrected chi connectivity index (χ1v) is 12.0. The minimum Gasteiger partial charge on any atom is -0.481 e. The molecule has 0 aromatic heterocycles. The molecule has 0 saturated heterocycles. The van der Waals surface area contributed by atoms with Gasteiger partial charge in [-0.25, -0.2) is 0 Å². The van der Waals surface area contributed by atoms with Gasteiger partial charge in [-0.3, -0.25) is 4.79 Å². The Morgan fingerprint density at radius 3 is 2.65 bits per heavy atom. The Morgan fingerprint density at radius 1 is 1.03 bits per heavy atom. The standard InChI is InChI=1S/C26H26ClNO2S/c1-18(30-24-11-6-8-20-7-2-3-9-22(20)24)26(29)28-23-10-4-5-12-25(23)31-17-19-13-15-21(27)16-14-19/h4-6,8,10-16,18H,2-3,7,9,17H2,1H3,(H,28,29)/t18-/m0/s1. The molecule has 0 heterocycles. The molecule has 1 aliphatic rings. The average Bonchev–Trinajstić information content (AvgIpc) is 2.80. The smallest absolute Gasteiger partial charge is 0.265 e. The summed E-state index contributed by atoms with van der Waals surface area (Å²) in [6.45, 7) is 1.81. The molecule has 3 aromatic carbocycles. The van der Waals surface area contributed by atoms with Crippen LogP contribution in [0.3, 0.4) is 0 Å². The molecule has 31 heavy (non-hydrogen) atoms. The molecular weight excluding hydrogens is 426 g/mol. The fourth-order valence-corrected chi connectivity index (χ4v) is 4.86. The van der Waals surface area contributed by atoms with E-state index in [4.69, 9.17) is 16.3 Å². The van der Waals surface area contributed by atoms with Gasteiger partial charge in [-0.1, -0.05) is 48.0 Å². The predicted octanol–water partition coefficient (Wildman–Crippen LogP) is 6.92. The molecule has 3 aromatic rings. The van der Waals surface area contributed by atoms with Crippen LogP contribution in [-0.4, -0.2) is 12.0 Å². The average molecular weight is 452 g/mol. The van der Waals surface area contributed by atoms with Crippen LogP contribution < -0.4 is 10.1 Å². The Kier molecular flexibility index (Phi) is 7.21. The molecule has 1 N–H and O–H groups in total. The van der Waals surface area contributed by atoms with E-state index in [1.165, 1.54) is 29.5 Å². The number of fused-ring (bicyclic) bond motifs is 1. The van der Waals surface area contributed by atoms with Crippen LogP contribution in [0.15, 0.2) is 71.6 Å². The molecule has 160 valence electrons. The van der Waals surface area contributed by atoms with Crippen molar-refractivity contribution >= 4 is 35.0 Å². The number of carbonyl (C=O) groups excluding carboxylic acids is 1. The van der Waals surface area contributed by atoms with Crippen LogP contribution in [0.2, 0.25) is 5.02 Å². The number of rotatable bonds is 7. The SMILES string of the molecule is C[C@H](Oc1cccc2c1CCCC2)C(=O)Nc1ccccc1SCc1ccc(Cl)cc1. The van der Waals surface area contributed by atoms with Crippen LogP contribution in [0.1, 0.15) is 36.5 Å². The predicted molar refractivity (Wildman–Crippen MR) is 129 cm³/mol. The fourth-order valence-electron chi connectivity index (χ4n) is 3.77. The van der Waals surface area contributed by atoms with Gasteiger partial charge in [-0.2, -0.15) is 0 Å². The maximum absolute atomic E-state index is 12.9. The van der Waals surface area contributed by atoms with Crippen molar-refractivity contribution in [3.63, 3.8) is 0 Å². The summed E-state index contributed by atoms with van der Waals surface area (Å²) in [4.78, 5) is 13.9. The van der Waals surface area contributed by atoms with E-state index in [1.807, 2.05) is 60.7 Å². The lowest BCUT2D eigenvalue weighted by atomic mass is 9.91. The first-order chi connectivity index (χ1) is 15.1. The van der Waals surface area contributed by atoms with E-state index in [2.05, 4.69) is 11.4 Å². The van der Waals surface area contributed by atoms with Gasteiger partial charge in [0.2, 0.25) is 0 Å². The Labute approximate surface area is 193 Å². The highest BCUT2D eigenvalue weighted by Crippen LogP contribution is 2.32. The quantitative estimate of drug-likeness (QED) is 0.396. The molecule has 0 radical (unpaired) electrons. The van der Waals surface area contributed by atoms with Gasteiger partial charge in [0.1, 0.15) is 5.75 Å². The zero-order valence-electron chi connectivity index (χ0n) is 17.6. The van der Waals surface area contributed by atoms with Crippen LogP contribution >= 0.6 is 23.4 Å². The summed E-state index contributed by atoms with van der Waals surface area (Å²) in [7, 11) is 0. The Hall–Kier alpha value is -2.43. The number of hydrogen-bond acceptors (Lipinski definition) is 3. The van der Waals surface area contributed by atoms with Crippen molar-refractivity contribution in [3.8, 4) is 5.75 Å². The highest BCUT2D eigenvalue weighted by atomic mass is 35.5. The van der Waals surface area contributed by atoms with Crippen molar-refractivity contribution in [1.29, 1.82) is 0 Å². The monoisotopic (exact) mass is 451 g/mol. The van der Waals surface area contributed by atoms with Crippen LogP contribution in [0.5, 0.6) is 5.75 Å². The molecule has 0 bridgehead atoms. The number of carbonyl (C=O) groups is 1. The maximum atomic E-state index is 12.9. The first-order valence-electron chi connectivity index (χ1n) is 10.6. The molecule has 3 nitrogen and oxygen atoms in total. The zero-order valence-corrected chi connectivity index (χ0v) is 19.1. The molecule has 1 amide bonds. The zero-order chi connectivity index (χ0) is 21.6. The third kappa shape index (κ3) is 5.63. The lowest BCUT2D eigenvalue weighted by Crippen LogP contribution is -2.30. The lowest BCUT2D eigenvalue weighted by Gasteiger charge is -2.22. The van der Waals surface area contributed by atoms with E-state index in [0.717, 1.165) is 39.9 Å². The molecule has 0 aliphatic heterocycles. The molecule has 5 heteroatoms. The summed E-state index contributed by atoms with van der Waals surface area (Å²) in [5.41, 5.74) is 4.59. The summed E-state index contributed by atoms with van der Waals surface area (Å²) in [6.07, 6.45) is 3.92. The highest BCUT2D eigenvalue weighted by Gasteiger charge is 2.20. The number of ether oxygens (including phenoxy) is 1. The van der Waals surface area contributed by atoms with Crippen molar-refractivity contribution in [2.24, 2.45) is 0 Å². The molecule has 0 unspecified atom stereocenters. The van der Waals surface area contributed by atoms with Gasteiger partial charge in [0, 0.05) is 15.7 Å². The summed E-state index contributed by atoms with van der Waals surface area (Å²) in [5.74, 6) is 1.49. The summed E-state index contributed by atoms with van der Waals surface area (Å²) in [6, 6.07) is 21.9. The highest BCUT2D eigenvalue weighted by molar-refractivity contribution is 7.98. The van der Waals surface area contributed by atoms with Crippen LogP contribution in [0.4, 0.5) is 5.69 Å². The Morgan fingerprint density at radius 2 is 1.81 bits per heavy atom. The molecule has 1 atom stereocenters. The van der Waals surface area contributed by atoms with Gasteiger partial charge >= 0.3 is 0 Å². The number of halogens is 1. The van der Waals surface area contributed by atoms with Crippen molar-refractivity contribution in [1.82, 2.24) is 0 Å². The summed E-state index contributed by atoms with van der Waals surface area (Å²) >= 11 is 7.66. The third-order valence-electron chi connectivity index (χ3n) is 5.48. The van der Waals surface area contributed by atoms with E-state index in [1.54, 1.807) is 18.7 Å². The number of amides is 1. The third-order valence-corrected chi connectivity index (χ3v) is 6.88. The number of hydrogen-bond donors (Lipinski definition) is 1. The van der Waals surface area contributed by atoms with Gasteiger partial charge in [0.15, 0.2) is 6.10 Å². The van der Waals surface area contributed by atoms with Gasteiger partial charge in [0.25, 0.3) is 5.91 Å². The maximum Gasteiger partial charge on any atom is 0.265 e. The fraction of sp³-hybridized carbons (Fsp3) is 0.269. The minimum absolute atomic E-state index is 0.145. The second-order valence-electron chi connectivity index (χ2n) is 7.76. The second-order valence-corrected chi connectivity index (χ2v) is 9.22. The van der Waals surface area contributed by atoms with Gasteiger partial charge < -0.3 is 10.1 Å². The molecule has 4 rings (SSSR count). The number of thioether (sulfide) groups is 1. The van der Waals surface area contributed by atoms with E-state index < -0.39 is 6.10 Å².